The van der Waals surface area contributed by atoms with E-state index < -0.39 is 52.7 Å². The van der Waals surface area contributed by atoms with E-state index in [9.17, 15) is 38.4 Å². The van der Waals surface area contributed by atoms with Crippen LogP contribution in [0, 0.1) is 11.8 Å². The van der Waals surface area contributed by atoms with Gasteiger partial charge >= 0.3 is 24.4 Å². The van der Waals surface area contributed by atoms with E-state index in [0.717, 1.165) is 25.7 Å². The number of amides is 6. The van der Waals surface area contributed by atoms with Gasteiger partial charge in [-0.05, 0) is 135 Å². The summed E-state index contributed by atoms with van der Waals surface area (Å²) >= 11 is 0. The van der Waals surface area contributed by atoms with Gasteiger partial charge in [0.15, 0.2) is 0 Å². The zero-order chi connectivity index (χ0) is 56.4. The lowest BCUT2D eigenvalue weighted by atomic mass is 9.95. The van der Waals surface area contributed by atoms with Gasteiger partial charge in [-0.15, -0.1) is 4.99 Å². The summed E-state index contributed by atoms with van der Waals surface area (Å²) in [5, 5.41) is 16.8. The summed E-state index contributed by atoms with van der Waals surface area (Å²) in [6.07, 6.45) is 5.51. The SMILES string of the molecule is CC(C)(C)OC(=O)N=C(NC(=O)OC(C)(C)C)n1cccn1.CCCC[C@H](CC(C)=O)C(=O)NCCCOC.COCCCNC(=O)[C@H](CCCN=C(NC(=O)OC(C)(C)C)NC(=O)OC(C)(C)C)CC(C)=O. The van der Waals surface area contributed by atoms with Gasteiger partial charge in [-0.25, -0.2) is 23.9 Å². The summed E-state index contributed by atoms with van der Waals surface area (Å²) < 4.78 is 31.7. The van der Waals surface area contributed by atoms with E-state index in [1.807, 2.05) is 0 Å². The predicted octanol–water partition coefficient (Wildman–Crippen LogP) is 7.39. The number of nitrogens with zero attached hydrogens (tertiary/aromatic N) is 4. The Bertz CT molecular complexity index is 1860. The van der Waals surface area contributed by atoms with Crippen molar-refractivity contribution in [1.29, 1.82) is 0 Å². The Balaban J connectivity index is 0. The Kier molecular flexibility index (Phi) is 34.1. The first-order valence-corrected chi connectivity index (χ1v) is 24.6. The second-order valence-corrected chi connectivity index (χ2v) is 20.7. The van der Waals surface area contributed by atoms with Crippen LogP contribution in [-0.4, -0.2) is 139 Å². The summed E-state index contributed by atoms with van der Waals surface area (Å²) in [5.41, 5.74) is -2.85. The lowest BCUT2D eigenvalue weighted by molar-refractivity contribution is -0.129. The molecule has 1 heterocycles. The molecule has 1 aromatic rings. The second kappa shape index (κ2) is 36.0. The minimum Gasteiger partial charge on any atom is -0.444 e. The van der Waals surface area contributed by atoms with Crippen molar-refractivity contribution in [3.8, 4) is 0 Å². The van der Waals surface area contributed by atoms with Crippen molar-refractivity contribution in [2.75, 3.05) is 47.1 Å². The molecule has 0 saturated heterocycles. The van der Waals surface area contributed by atoms with Gasteiger partial charge in [-0.2, -0.15) is 5.10 Å². The van der Waals surface area contributed by atoms with Crippen LogP contribution in [0.5, 0.6) is 0 Å². The van der Waals surface area contributed by atoms with Crippen molar-refractivity contribution in [2.45, 2.75) is 184 Å². The summed E-state index contributed by atoms with van der Waals surface area (Å²) in [6, 6.07) is 1.63. The molecule has 6 amide bonds. The number of rotatable bonds is 21. The third kappa shape index (κ3) is 42.3. The lowest BCUT2D eigenvalue weighted by Crippen LogP contribution is -2.47. The first-order valence-electron chi connectivity index (χ1n) is 24.6. The number of Topliss-reactive ketones (excluding diaryl/α,β-unsaturated/α-hetero) is 2. The second-order valence-electron chi connectivity index (χ2n) is 20.7. The van der Waals surface area contributed by atoms with Crippen molar-refractivity contribution < 1.29 is 66.8 Å². The predicted molar refractivity (Wildman–Crippen MR) is 277 cm³/mol. The Morgan fingerprint density at radius 1 is 0.589 bits per heavy atom. The van der Waals surface area contributed by atoms with Gasteiger partial charge in [-0.3, -0.25) is 30.5 Å². The zero-order valence-corrected chi connectivity index (χ0v) is 46.8. The van der Waals surface area contributed by atoms with Crippen LogP contribution in [0.1, 0.15) is 162 Å². The number of hydrogen-bond acceptors (Lipinski definition) is 16. The van der Waals surface area contributed by atoms with Crippen molar-refractivity contribution >= 4 is 59.7 Å². The van der Waals surface area contributed by atoms with E-state index in [0.29, 0.717) is 52.0 Å². The van der Waals surface area contributed by atoms with Crippen molar-refractivity contribution in [2.24, 2.45) is 21.8 Å². The first kappa shape index (κ1) is 69.1. The average Bonchev–Trinajstić information content (AvgIpc) is 3.76. The van der Waals surface area contributed by atoms with E-state index in [4.69, 9.17) is 28.4 Å². The number of ether oxygens (including phenoxy) is 6. The Morgan fingerprint density at radius 2 is 1.00 bits per heavy atom. The highest BCUT2D eigenvalue weighted by Crippen LogP contribution is 2.15. The van der Waals surface area contributed by atoms with Crippen LogP contribution < -0.4 is 26.6 Å². The molecule has 0 aliphatic rings. The lowest BCUT2D eigenvalue weighted by Gasteiger charge is -2.22. The fourth-order valence-corrected chi connectivity index (χ4v) is 5.68. The molecule has 0 aliphatic heterocycles. The van der Waals surface area contributed by atoms with Gasteiger partial charge in [0, 0.05) is 84.1 Å². The highest BCUT2D eigenvalue weighted by Gasteiger charge is 2.24. The number of hydrogen-bond donors (Lipinski definition) is 5. The molecule has 418 valence electrons. The quantitative estimate of drug-likeness (QED) is 0.0347. The normalized spacial score (nSPS) is 12.4. The molecule has 73 heavy (non-hydrogen) atoms. The summed E-state index contributed by atoms with van der Waals surface area (Å²) in [4.78, 5) is 103. The summed E-state index contributed by atoms with van der Waals surface area (Å²) in [7, 11) is 3.23. The van der Waals surface area contributed by atoms with Crippen LogP contribution in [0.15, 0.2) is 28.4 Å². The smallest absolute Gasteiger partial charge is 0.437 e. The van der Waals surface area contributed by atoms with Gasteiger partial charge in [0.05, 0.1) is 0 Å². The molecule has 23 heteroatoms. The van der Waals surface area contributed by atoms with Crippen LogP contribution in [-0.2, 0) is 47.6 Å². The van der Waals surface area contributed by atoms with Crippen LogP contribution in [0.4, 0.5) is 19.2 Å². The fraction of sp³-hybridized carbons (Fsp3) is 0.740. The highest BCUT2D eigenvalue weighted by molar-refractivity contribution is 6.01. The van der Waals surface area contributed by atoms with Crippen molar-refractivity contribution in [3.05, 3.63) is 18.5 Å². The molecule has 2 atom stereocenters. The van der Waals surface area contributed by atoms with E-state index in [1.54, 1.807) is 103 Å². The largest absolute Gasteiger partial charge is 0.444 e. The highest BCUT2D eigenvalue weighted by atomic mass is 16.6. The molecule has 0 bridgehead atoms. The van der Waals surface area contributed by atoms with Crippen LogP contribution >= 0.6 is 0 Å². The maximum Gasteiger partial charge on any atom is 0.437 e. The number of aromatic nitrogens is 2. The van der Waals surface area contributed by atoms with Crippen molar-refractivity contribution in [3.63, 3.8) is 0 Å². The number of alkyl carbamates (subject to hydrolysis) is 3. The molecule has 0 saturated carbocycles. The molecule has 0 aliphatic carbocycles. The average molecular weight is 1040 g/mol. The molecular formula is C50H89N9O14. The number of aliphatic imine (C=N–C) groups is 2. The summed E-state index contributed by atoms with van der Waals surface area (Å²) in [6.45, 7) is 28.1. The standard InChI is InChI=1S/C23H42N4O7.C14H22N4O4.C13H25NO3/c1-16(28)15-17(18(29)24-13-10-14-32-8)11-9-12-25-19(26-20(30)33-22(2,3)4)27-21(31)34-23(5,6)7;1-13(2,3)21-11(19)16-10(18-9-7-8-15-18)17-12(20)22-14(4,5)6;1-4-5-7-12(10-11(2)15)13(16)14-8-6-9-17-3/h17H,9-15H2,1-8H3,(H,24,29)(H2,25,26,27,30,31);7-9H,1-6H3,(H,16,17,19,20);12H,4-10H2,1-3H3,(H,14,16)/t17-;;12-/m1.1/s1. The number of guanidine groups is 1. The maximum atomic E-state index is 12.4. The van der Waals surface area contributed by atoms with E-state index >= 15 is 0 Å². The Labute approximate surface area is 433 Å². The van der Waals surface area contributed by atoms with Crippen LogP contribution in [0.25, 0.3) is 0 Å². The molecule has 0 aromatic carbocycles. The topological polar surface area (TPSA) is 295 Å². The molecule has 1 rings (SSSR count). The van der Waals surface area contributed by atoms with Gasteiger partial charge in [0.1, 0.15) is 34.0 Å². The molecular weight excluding hydrogens is 951 g/mol. The van der Waals surface area contributed by atoms with Gasteiger partial charge in [0.25, 0.3) is 0 Å². The number of ketones is 2. The minimum absolute atomic E-state index is 0.00440. The zero-order valence-electron chi connectivity index (χ0n) is 46.8. The first-order chi connectivity index (χ1) is 33.7. The van der Waals surface area contributed by atoms with Gasteiger partial charge in [0.2, 0.25) is 23.7 Å². The van der Waals surface area contributed by atoms with E-state index in [-0.39, 0.29) is 54.2 Å². The molecule has 0 fully saturated rings. The fourth-order valence-electron chi connectivity index (χ4n) is 5.68. The van der Waals surface area contributed by atoms with E-state index in [1.165, 1.54) is 30.9 Å². The molecule has 1 aromatic heterocycles. The van der Waals surface area contributed by atoms with Gasteiger partial charge < -0.3 is 48.6 Å². The number of carbonyl (C=O) groups excluding carboxylic acids is 8. The Hall–Kier alpha value is -5.97. The van der Waals surface area contributed by atoms with Crippen LogP contribution in [0.3, 0.4) is 0 Å². The molecule has 0 unspecified atom stereocenters. The number of methoxy groups -OCH3 is 2. The van der Waals surface area contributed by atoms with Gasteiger partial charge in [-0.1, -0.05) is 19.8 Å². The van der Waals surface area contributed by atoms with E-state index in [2.05, 4.69) is 48.6 Å². The molecule has 0 radical (unpaired) electrons. The number of nitrogens with one attached hydrogen (secondary N) is 5. The number of carbonyl (C=O) groups is 8. The Morgan fingerprint density at radius 3 is 1.36 bits per heavy atom. The molecule has 0 spiro atoms. The monoisotopic (exact) mass is 1040 g/mol. The third-order valence-electron chi connectivity index (χ3n) is 8.51. The van der Waals surface area contributed by atoms with Crippen molar-refractivity contribution in [1.82, 2.24) is 36.4 Å². The summed E-state index contributed by atoms with van der Waals surface area (Å²) in [5.74, 6) is -1.08. The maximum absolute atomic E-state index is 12.4. The molecule has 23 nitrogen and oxygen atoms in total. The molecule has 5 N–H and O–H groups in total. The third-order valence-corrected chi connectivity index (χ3v) is 8.51. The number of unbranched alkanes of at least 4 members (excludes halogenated alkanes) is 1. The minimum atomic E-state index is -0.839. The van der Waals surface area contributed by atoms with Crippen LogP contribution in [0.2, 0.25) is 0 Å².